The third-order valence-corrected chi connectivity index (χ3v) is 3.19. The lowest BCUT2D eigenvalue weighted by Crippen LogP contribution is -2.12. The van der Waals surface area contributed by atoms with Crippen LogP contribution in [0.3, 0.4) is 0 Å². The van der Waals surface area contributed by atoms with Gasteiger partial charge < -0.3 is 4.74 Å². The Morgan fingerprint density at radius 2 is 2.13 bits per heavy atom. The fourth-order valence-electron chi connectivity index (χ4n) is 1.95. The second-order valence-corrected chi connectivity index (χ2v) is 4.32. The average Bonchev–Trinajstić information content (AvgIpc) is 2.71. The number of hydrogen-bond donors (Lipinski definition) is 0. The molecular formula is C12H16ClNO. The monoisotopic (exact) mass is 225 g/mol. The van der Waals surface area contributed by atoms with Crippen LogP contribution in [0.15, 0.2) is 12.1 Å². The Bertz CT molecular complexity index is 334. The molecule has 1 saturated carbocycles. The molecule has 1 aromatic heterocycles. The summed E-state index contributed by atoms with van der Waals surface area (Å²) in [5, 5.41) is 0. The minimum atomic E-state index is 0.374. The second-order valence-electron chi connectivity index (χ2n) is 4.05. The SMILES string of the molecule is Cc1nc(OC2CCCC2)ccc1CCl. The predicted octanol–water partition coefficient (Wildman–Crippen LogP) is 3.45. The van der Waals surface area contributed by atoms with Crippen LogP contribution in [0, 0.1) is 6.92 Å². The molecule has 0 bridgehead atoms. The fraction of sp³-hybridized carbons (Fsp3) is 0.583. The van der Waals surface area contributed by atoms with Gasteiger partial charge in [0.1, 0.15) is 6.10 Å². The fourth-order valence-corrected chi connectivity index (χ4v) is 2.23. The van der Waals surface area contributed by atoms with Crippen molar-refractivity contribution >= 4 is 11.6 Å². The van der Waals surface area contributed by atoms with Gasteiger partial charge in [-0.3, -0.25) is 0 Å². The second kappa shape index (κ2) is 4.84. The topological polar surface area (TPSA) is 22.1 Å². The summed E-state index contributed by atoms with van der Waals surface area (Å²) in [6, 6.07) is 3.92. The van der Waals surface area contributed by atoms with Crippen LogP contribution in [0.5, 0.6) is 5.88 Å². The summed E-state index contributed by atoms with van der Waals surface area (Å²) in [4.78, 5) is 4.40. The first-order valence-corrected chi connectivity index (χ1v) is 6.02. The lowest BCUT2D eigenvalue weighted by molar-refractivity contribution is 0.201. The van der Waals surface area contributed by atoms with Crippen molar-refractivity contribution in [1.82, 2.24) is 4.98 Å². The molecule has 1 aliphatic rings. The van der Waals surface area contributed by atoms with Crippen LogP contribution in [0.25, 0.3) is 0 Å². The lowest BCUT2D eigenvalue weighted by Gasteiger charge is -2.13. The van der Waals surface area contributed by atoms with Gasteiger partial charge in [0.15, 0.2) is 0 Å². The van der Waals surface area contributed by atoms with Crippen LogP contribution in [-0.2, 0) is 5.88 Å². The van der Waals surface area contributed by atoms with Crippen molar-refractivity contribution in [2.75, 3.05) is 0 Å². The molecule has 0 aromatic carbocycles. The number of rotatable bonds is 3. The Balaban J connectivity index is 2.05. The van der Waals surface area contributed by atoms with E-state index in [4.69, 9.17) is 16.3 Å². The van der Waals surface area contributed by atoms with E-state index in [1.54, 1.807) is 0 Å². The molecule has 82 valence electrons. The quantitative estimate of drug-likeness (QED) is 0.736. The molecule has 1 heterocycles. The van der Waals surface area contributed by atoms with E-state index in [1.165, 1.54) is 12.8 Å². The Morgan fingerprint density at radius 1 is 1.40 bits per heavy atom. The molecule has 0 spiro atoms. The van der Waals surface area contributed by atoms with Crippen molar-refractivity contribution in [2.45, 2.75) is 44.6 Å². The largest absolute Gasteiger partial charge is 0.474 e. The first kappa shape index (κ1) is 10.7. The highest BCUT2D eigenvalue weighted by Gasteiger charge is 2.17. The molecule has 0 aliphatic heterocycles. The zero-order valence-corrected chi connectivity index (χ0v) is 9.76. The normalized spacial score (nSPS) is 16.9. The van der Waals surface area contributed by atoms with E-state index in [2.05, 4.69) is 4.98 Å². The van der Waals surface area contributed by atoms with Crippen molar-refractivity contribution in [3.8, 4) is 5.88 Å². The smallest absolute Gasteiger partial charge is 0.213 e. The van der Waals surface area contributed by atoms with Crippen molar-refractivity contribution in [3.05, 3.63) is 23.4 Å². The number of pyridine rings is 1. The molecule has 0 saturated heterocycles. The molecule has 0 amide bonds. The van der Waals surface area contributed by atoms with Crippen molar-refractivity contribution in [3.63, 3.8) is 0 Å². The van der Waals surface area contributed by atoms with Gasteiger partial charge in [0, 0.05) is 17.6 Å². The molecule has 0 N–H and O–H groups in total. The van der Waals surface area contributed by atoms with Gasteiger partial charge in [-0.15, -0.1) is 11.6 Å². The Hall–Kier alpha value is -0.760. The van der Waals surface area contributed by atoms with Crippen molar-refractivity contribution in [1.29, 1.82) is 0 Å². The van der Waals surface area contributed by atoms with E-state index in [0.717, 1.165) is 30.0 Å². The van der Waals surface area contributed by atoms with Gasteiger partial charge in [-0.25, -0.2) is 4.98 Å². The molecule has 1 fully saturated rings. The van der Waals surface area contributed by atoms with Crippen LogP contribution in [0.1, 0.15) is 36.9 Å². The Kier molecular flexibility index (Phi) is 3.47. The molecule has 0 unspecified atom stereocenters. The molecule has 2 nitrogen and oxygen atoms in total. The van der Waals surface area contributed by atoms with E-state index in [0.29, 0.717) is 12.0 Å². The van der Waals surface area contributed by atoms with Gasteiger partial charge in [-0.1, -0.05) is 6.07 Å². The molecule has 0 atom stereocenters. The lowest BCUT2D eigenvalue weighted by atomic mass is 10.2. The van der Waals surface area contributed by atoms with E-state index in [-0.39, 0.29) is 0 Å². The number of ether oxygens (including phenoxy) is 1. The van der Waals surface area contributed by atoms with Gasteiger partial charge in [0.2, 0.25) is 5.88 Å². The van der Waals surface area contributed by atoms with Crippen LogP contribution in [0.4, 0.5) is 0 Å². The minimum absolute atomic E-state index is 0.374. The summed E-state index contributed by atoms with van der Waals surface area (Å²) in [6.07, 6.45) is 5.27. The average molecular weight is 226 g/mol. The van der Waals surface area contributed by atoms with E-state index < -0.39 is 0 Å². The predicted molar refractivity (Wildman–Crippen MR) is 61.4 cm³/mol. The minimum Gasteiger partial charge on any atom is -0.474 e. The zero-order valence-electron chi connectivity index (χ0n) is 9.00. The zero-order chi connectivity index (χ0) is 10.7. The number of hydrogen-bond acceptors (Lipinski definition) is 2. The Morgan fingerprint density at radius 3 is 2.73 bits per heavy atom. The maximum Gasteiger partial charge on any atom is 0.213 e. The first-order valence-electron chi connectivity index (χ1n) is 5.49. The van der Waals surface area contributed by atoms with Crippen LogP contribution >= 0.6 is 11.6 Å². The highest BCUT2D eigenvalue weighted by molar-refractivity contribution is 6.17. The highest BCUT2D eigenvalue weighted by Crippen LogP contribution is 2.23. The first-order chi connectivity index (χ1) is 7.29. The number of aryl methyl sites for hydroxylation is 1. The third kappa shape index (κ3) is 2.63. The van der Waals surface area contributed by atoms with Gasteiger partial charge in [0.25, 0.3) is 0 Å². The van der Waals surface area contributed by atoms with E-state index in [9.17, 15) is 0 Å². The van der Waals surface area contributed by atoms with Crippen LogP contribution < -0.4 is 4.74 Å². The molecule has 2 rings (SSSR count). The number of halogens is 1. The standard InChI is InChI=1S/C12H16ClNO/c1-9-10(8-13)6-7-12(14-9)15-11-4-2-3-5-11/h6-7,11H,2-5,8H2,1H3. The van der Waals surface area contributed by atoms with Crippen molar-refractivity contribution in [2.24, 2.45) is 0 Å². The number of aromatic nitrogens is 1. The Labute approximate surface area is 95.6 Å². The maximum absolute atomic E-state index is 5.80. The number of nitrogens with zero attached hydrogens (tertiary/aromatic N) is 1. The molecular weight excluding hydrogens is 210 g/mol. The molecule has 1 aromatic rings. The van der Waals surface area contributed by atoms with E-state index in [1.807, 2.05) is 19.1 Å². The summed E-state index contributed by atoms with van der Waals surface area (Å²) in [7, 11) is 0. The molecule has 3 heteroatoms. The van der Waals surface area contributed by atoms with Gasteiger partial charge >= 0.3 is 0 Å². The maximum atomic E-state index is 5.80. The van der Waals surface area contributed by atoms with E-state index >= 15 is 0 Å². The van der Waals surface area contributed by atoms with Gasteiger partial charge in [-0.2, -0.15) is 0 Å². The summed E-state index contributed by atoms with van der Waals surface area (Å²) in [6.45, 7) is 1.97. The van der Waals surface area contributed by atoms with Crippen molar-refractivity contribution < 1.29 is 4.74 Å². The third-order valence-electron chi connectivity index (χ3n) is 2.90. The van der Waals surface area contributed by atoms with Gasteiger partial charge in [0.05, 0.1) is 0 Å². The van der Waals surface area contributed by atoms with Crippen LogP contribution in [0.2, 0.25) is 0 Å². The van der Waals surface area contributed by atoms with Gasteiger partial charge in [-0.05, 0) is 38.2 Å². The van der Waals surface area contributed by atoms with Crippen LogP contribution in [-0.4, -0.2) is 11.1 Å². The molecule has 15 heavy (non-hydrogen) atoms. The number of alkyl halides is 1. The molecule has 0 radical (unpaired) electrons. The highest BCUT2D eigenvalue weighted by atomic mass is 35.5. The summed E-state index contributed by atoms with van der Waals surface area (Å²) < 4.78 is 5.80. The molecule has 1 aliphatic carbocycles. The summed E-state index contributed by atoms with van der Waals surface area (Å²) >= 11 is 5.77. The summed E-state index contributed by atoms with van der Waals surface area (Å²) in [5.74, 6) is 1.26. The summed E-state index contributed by atoms with van der Waals surface area (Å²) in [5.41, 5.74) is 2.05.